The molecular formula is C18H24N2O3. The van der Waals surface area contributed by atoms with E-state index >= 15 is 0 Å². The molecule has 2 atom stereocenters. The summed E-state index contributed by atoms with van der Waals surface area (Å²) in [5, 5.41) is 22.3. The second-order valence-electron chi connectivity index (χ2n) is 6.15. The van der Waals surface area contributed by atoms with Crippen LogP contribution in [-0.4, -0.2) is 48.0 Å². The van der Waals surface area contributed by atoms with Gasteiger partial charge in [0.05, 0.1) is 24.7 Å². The van der Waals surface area contributed by atoms with Crippen molar-refractivity contribution in [1.29, 1.82) is 0 Å². The van der Waals surface area contributed by atoms with Gasteiger partial charge in [-0.05, 0) is 37.1 Å². The quantitative estimate of drug-likeness (QED) is 0.847. The molecule has 2 heterocycles. The van der Waals surface area contributed by atoms with Crippen molar-refractivity contribution in [3.05, 3.63) is 46.3 Å². The number of β-amino-alcohol motifs (C(OH)–C–C–N with tert-alkyl or cyclic N) is 2. The molecule has 1 aromatic carbocycles. The lowest BCUT2D eigenvalue weighted by atomic mass is 10.0. The number of hydrogen-bond donors (Lipinski definition) is 2. The van der Waals surface area contributed by atoms with E-state index in [-0.39, 0.29) is 6.10 Å². The molecule has 0 amide bonds. The van der Waals surface area contributed by atoms with Gasteiger partial charge in [0.2, 0.25) is 5.88 Å². The van der Waals surface area contributed by atoms with Crippen molar-refractivity contribution in [2.75, 3.05) is 26.7 Å². The number of benzene rings is 1. The number of aliphatic hydroxyl groups excluding tert-OH is 2. The average molecular weight is 316 g/mol. The normalized spacial score (nSPS) is 22.9. The topological polar surface area (TPSA) is 65.3 Å². The van der Waals surface area contributed by atoms with Crippen molar-refractivity contribution in [2.45, 2.75) is 31.5 Å². The maximum absolute atomic E-state index is 10.7. The van der Waals surface area contributed by atoms with E-state index in [2.05, 4.69) is 16.0 Å². The summed E-state index contributed by atoms with van der Waals surface area (Å²) in [5.41, 5.74) is 0.809. The van der Waals surface area contributed by atoms with E-state index in [4.69, 9.17) is 4.74 Å². The highest BCUT2D eigenvalue weighted by Crippen LogP contribution is 2.15. The van der Waals surface area contributed by atoms with Crippen molar-refractivity contribution in [3.63, 3.8) is 0 Å². The van der Waals surface area contributed by atoms with Gasteiger partial charge in [-0.2, -0.15) is 0 Å². The van der Waals surface area contributed by atoms with E-state index in [0.717, 1.165) is 41.9 Å². The summed E-state index contributed by atoms with van der Waals surface area (Å²) in [6.45, 7) is 2.04. The zero-order valence-electron chi connectivity index (χ0n) is 13.5. The monoisotopic (exact) mass is 316 g/mol. The standard InChI is InChI=1S/C18H24N2O3/c1-23-17-9-3-6-13-5-2-8-15(18(13)19-17)16(22)12-20-10-4-7-14(21)11-20/h2,5-6,8-9,14,16,21-22H,3-4,7,10-12H2,1H3. The minimum atomic E-state index is -0.636. The largest absolute Gasteiger partial charge is 0.481 e. The SMILES string of the molecule is COC1=CCC=c2cccc(C(O)CN3CCCC(O)C3)c2=N1. The van der Waals surface area contributed by atoms with Crippen LogP contribution in [0.2, 0.25) is 0 Å². The molecule has 0 aliphatic carbocycles. The van der Waals surface area contributed by atoms with E-state index in [9.17, 15) is 10.2 Å². The van der Waals surface area contributed by atoms with Crippen molar-refractivity contribution in [2.24, 2.45) is 4.99 Å². The molecule has 2 unspecified atom stereocenters. The van der Waals surface area contributed by atoms with Gasteiger partial charge < -0.3 is 14.9 Å². The Morgan fingerprint density at radius 2 is 2.26 bits per heavy atom. The summed E-state index contributed by atoms with van der Waals surface area (Å²) in [6.07, 6.45) is 5.67. The van der Waals surface area contributed by atoms with Gasteiger partial charge in [-0.3, -0.25) is 4.90 Å². The molecule has 2 N–H and O–H groups in total. The first-order valence-corrected chi connectivity index (χ1v) is 8.18. The predicted molar refractivity (Wildman–Crippen MR) is 88.0 cm³/mol. The fourth-order valence-corrected chi connectivity index (χ4v) is 3.25. The fourth-order valence-electron chi connectivity index (χ4n) is 3.25. The maximum Gasteiger partial charge on any atom is 0.209 e. The first-order valence-electron chi connectivity index (χ1n) is 8.18. The molecule has 1 aromatic rings. The molecule has 3 rings (SSSR count). The van der Waals surface area contributed by atoms with Crippen LogP contribution in [0.1, 0.15) is 30.9 Å². The predicted octanol–water partition coefficient (Wildman–Crippen LogP) is 0.468. The fraction of sp³-hybridized carbons (Fsp3) is 0.500. The third-order valence-electron chi connectivity index (χ3n) is 4.43. The van der Waals surface area contributed by atoms with Crippen LogP contribution < -0.4 is 10.6 Å². The first-order chi connectivity index (χ1) is 11.2. The number of allylic oxidation sites excluding steroid dienone is 1. The Hall–Kier alpha value is -1.69. The number of para-hydroxylation sites is 1. The maximum atomic E-state index is 10.7. The molecule has 5 nitrogen and oxygen atoms in total. The second kappa shape index (κ2) is 7.25. The van der Waals surface area contributed by atoms with Gasteiger partial charge in [-0.15, -0.1) is 0 Å². The summed E-state index contributed by atoms with van der Waals surface area (Å²) in [4.78, 5) is 6.68. The van der Waals surface area contributed by atoms with E-state index < -0.39 is 6.10 Å². The Morgan fingerprint density at radius 1 is 1.39 bits per heavy atom. The van der Waals surface area contributed by atoms with Gasteiger partial charge in [0.1, 0.15) is 0 Å². The number of nitrogens with zero attached hydrogens (tertiary/aromatic N) is 2. The number of hydrogen-bond acceptors (Lipinski definition) is 5. The lowest BCUT2D eigenvalue weighted by Gasteiger charge is -2.31. The number of aliphatic hydroxyl groups is 2. The molecule has 0 spiro atoms. The molecule has 0 saturated carbocycles. The lowest BCUT2D eigenvalue weighted by molar-refractivity contribution is 0.0388. The number of piperidine rings is 1. The highest BCUT2D eigenvalue weighted by Gasteiger charge is 2.21. The molecular weight excluding hydrogens is 292 g/mol. The van der Waals surface area contributed by atoms with Crippen molar-refractivity contribution in [1.82, 2.24) is 4.90 Å². The first kappa shape index (κ1) is 16.2. The molecule has 2 aliphatic heterocycles. The Morgan fingerprint density at radius 3 is 3.04 bits per heavy atom. The molecule has 0 aromatic heterocycles. The third-order valence-corrected chi connectivity index (χ3v) is 4.43. The molecule has 1 saturated heterocycles. The van der Waals surface area contributed by atoms with Crippen LogP contribution >= 0.6 is 0 Å². The number of rotatable bonds is 4. The van der Waals surface area contributed by atoms with E-state index in [0.29, 0.717) is 19.0 Å². The molecule has 2 aliphatic rings. The van der Waals surface area contributed by atoms with E-state index in [1.165, 1.54) is 0 Å². The molecule has 0 radical (unpaired) electrons. The van der Waals surface area contributed by atoms with Crippen molar-refractivity contribution >= 4 is 6.08 Å². The number of fused-ring (bicyclic) bond motifs is 1. The smallest absolute Gasteiger partial charge is 0.209 e. The van der Waals surface area contributed by atoms with Crippen LogP contribution in [-0.2, 0) is 4.74 Å². The molecule has 1 fully saturated rings. The zero-order chi connectivity index (χ0) is 16.2. The van der Waals surface area contributed by atoms with Crippen LogP contribution in [0.5, 0.6) is 0 Å². The highest BCUT2D eigenvalue weighted by atomic mass is 16.5. The second-order valence-corrected chi connectivity index (χ2v) is 6.15. The van der Waals surface area contributed by atoms with Gasteiger partial charge in [-0.1, -0.05) is 24.3 Å². The van der Waals surface area contributed by atoms with Gasteiger partial charge in [0, 0.05) is 18.7 Å². The Kier molecular flexibility index (Phi) is 5.10. The van der Waals surface area contributed by atoms with Crippen LogP contribution in [0.3, 0.4) is 0 Å². The minimum absolute atomic E-state index is 0.287. The minimum Gasteiger partial charge on any atom is -0.481 e. The Balaban J connectivity index is 1.88. The average Bonchev–Trinajstić information content (AvgIpc) is 2.76. The summed E-state index contributed by atoms with van der Waals surface area (Å²) in [5.74, 6) is 0.577. The van der Waals surface area contributed by atoms with Crippen molar-refractivity contribution < 1.29 is 14.9 Å². The number of likely N-dealkylation sites (tertiary alicyclic amines) is 1. The number of methoxy groups -OCH3 is 1. The van der Waals surface area contributed by atoms with Gasteiger partial charge in [0.15, 0.2) is 0 Å². The molecule has 124 valence electrons. The summed E-state index contributed by atoms with van der Waals surface area (Å²) < 4.78 is 5.28. The molecule has 23 heavy (non-hydrogen) atoms. The van der Waals surface area contributed by atoms with Crippen LogP contribution in [0.15, 0.2) is 35.2 Å². The van der Waals surface area contributed by atoms with Crippen LogP contribution in [0.25, 0.3) is 6.08 Å². The highest BCUT2D eigenvalue weighted by molar-refractivity contribution is 5.32. The molecule has 5 heteroatoms. The van der Waals surface area contributed by atoms with Gasteiger partial charge in [0.25, 0.3) is 0 Å². The Bertz CT molecular complexity index is 699. The number of ether oxygens (including phenoxy) is 1. The van der Waals surface area contributed by atoms with Crippen LogP contribution in [0, 0.1) is 0 Å². The van der Waals surface area contributed by atoms with Gasteiger partial charge >= 0.3 is 0 Å². The third kappa shape index (κ3) is 3.80. The van der Waals surface area contributed by atoms with E-state index in [1.807, 2.05) is 24.3 Å². The Labute approximate surface area is 136 Å². The molecule has 0 bridgehead atoms. The summed E-state index contributed by atoms with van der Waals surface area (Å²) in [6, 6.07) is 5.87. The van der Waals surface area contributed by atoms with E-state index in [1.54, 1.807) is 7.11 Å². The van der Waals surface area contributed by atoms with Gasteiger partial charge in [-0.25, -0.2) is 4.99 Å². The van der Waals surface area contributed by atoms with Crippen molar-refractivity contribution in [3.8, 4) is 0 Å². The zero-order valence-corrected chi connectivity index (χ0v) is 13.5. The summed E-state index contributed by atoms with van der Waals surface area (Å²) >= 11 is 0. The van der Waals surface area contributed by atoms with Crippen LogP contribution in [0.4, 0.5) is 0 Å². The lowest BCUT2D eigenvalue weighted by Crippen LogP contribution is -2.41. The summed E-state index contributed by atoms with van der Waals surface area (Å²) in [7, 11) is 1.61.